The SMILES string of the molecule is CC(C)c1ccc(N)c(C=CCN=[N+]=[N-])c1. The van der Waals surface area contributed by atoms with Gasteiger partial charge in [0.15, 0.2) is 0 Å². The van der Waals surface area contributed by atoms with E-state index in [1.807, 2.05) is 18.2 Å². The van der Waals surface area contributed by atoms with Crippen molar-refractivity contribution >= 4 is 11.8 Å². The fourth-order valence-electron chi connectivity index (χ4n) is 1.36. The van der Waals surface area contributed by atoms with Crippen LogP contribution >= 0.6 is 0 Å². The maximum Gasteiger partial charge on any atom is 0.0443 e. The van der Waals surface area contributed by atoms with Gasteiger partial charge < -0.3 is 5.73 Å². The molecule has 0 aliphatic heterocycles. The van der Waals surface area contributed by atoms with Crippen LogP contribution in [0.25, 0.3) is 16.5 Å². The summed E-state index contributed by atoms with van der Waals surface area (Å²) in [6.45, 7) is 4.62. The Bertz CT molecular complexity index is 429. The Balaban J connectivity index is 2.89. The zero-order chi connectivity index (χ0) is 12.0. The van der Waals surface area contributed by atoms with E-state index in [-0.39, 0.29) is 0 Å². The minimum atomic E-state index is 0.349. The van der Waals surface area contributed by atoms with Crippen molar-refractivity contribution in [3.63, 3.8) is 0 Å². The smallest absolute Gasteiger partial charge is 0.0443 e. The molecule has 0 heterocycles. The van der Waals surface area contributed by atoms with E-state index < -0.39 is 0 Å². The Hall–Kier alpha value is -1.93. The molecule has 0 aliphatic carbocycles. The second-order valence-electron chi connectivity index (χ2n) is 3.86. The van der Waals surface area contributed by atoms with Gasteiger partial charge in [-0.1, -0.05) is 37.2 Å². The van der Waals surface area contributed by atoms with Gasteiger partial charge in [0.1, 0.15) is 0 Å². The van der Waals surface area contributed by atoms with Crippen molar-refractivity contribution in [1.29, 1.82) is 0 Å². The van der Waals surface area contributed by atoms with Crippen LogP contribution in [-0.4, -0.2) is 6.54 Å². The van der Waals surface area contributed by atoms with Gasteiger partial charge in [-0.15, -0.1) is 0 Å². The Labute approximate surface area is 95.4 Å². The third-order valence-corrected chi connectivity index (χ3v) is 2.33. The van der Waals surface area contributed by atoms with E-state index in [9.17, 15) is 0 Å². The van der Waals surface area contributed by atoms with E-state index in [2.05, 4.69) is 29.9 Å². The lowest BCUT2D eigenvalue weighted by Crippen LogP contribution is -1.93. The third kappa shape index (κ3) is 3.33. The van der Waals surface area contributed by atoms with Crippen molar-refractivity contribution in [2.45, 2.75) is 19.8 Å². The van der Waals surface area contributed by atoms with Gasteiger partial charge in [0, 0.05) is 17.1 Å². The van der Waals surface area contributed by atoms with E-state index in [0.717, 1.165) is 11.3 Å². The van der Waals surface area contributed by atoms with E-state index >= 15 is 0 Å². The number of anilines is 1. The monoisotopic (exact) mass is 216 g/mol. The summed E-state index contributed by atoms with van der Waals surface area (Å²) in [5.41, 5.74) is 16.9. The molecular weight excluding hydrogens is 200 g/mol. The summed E-state index contributed by atoms with van der Waals surface area (Å²) in [5.74, 6) is 0.477. The summed E-state index contributed by atoms with van der Waals surface area (Å²) >= 11 is 0. The zero-order valence-electron chi connectivity index (χ0n) is 9.59. The zero-order valence-corrected chi connectivity index (χ0v) is 9.59. The molecule has 0 saturated heterocycles. The Morgan fingerprint density at radius 1 is 1.50 bits per heavy atom. The summed E-state index contributed by atoms with van der Waals surface area (Å²) in [6.07, 6.45) is 3.69. The number of azide groups is 1. The molecule has 0 bridgehead atoms. The van der Waals surface area contributed by atoms with E-state index in [0.29, 0.717) is 12.5 Å². The van der Waals surface area contributed by atoms with Crippen molar-refractivity contribution in [2.75, 3.05) is 12.3 Å². The quantitative estimate of drug-likeness (QED) is 0.354. The largest absolute Gasteiger partial charge is 0.398 e. The highest BCUT2D eigenvalue weighted by Gasteiger charge is 2.01. The first-order valence-corrected chi connectivity index (χ1v) is 5.22. The molecular formula is C12H16N4. The van der Waals surface area contributed by atoms with E-state index in [1.54, 1.807) is 6.08 Å². The molecule has 4 nitrogen and oxygen atoms in total. The molecule has 0 fully saturated rings. The van der Waals surface area contributed by atoms with Crippen LogP contribution in [0.3, 0.4) is 0 Å². The molecule has 0 spiro atoms. The molecule has 0 aliphatic rings. The number of rotatable bonds is 4. The van der Waals surface area contributed by atoms with Crippen molar-refractivity contribution in [3.05, 3.63) is 45.8 Å². The summed E-state index contributed by atoms with van der Waals surface area (Å²) in [5, 5.41) is 3.43. The highest BCUT2D eigenvalue weighted by Crippen LogP contribution is 2.21. The molecule has 0 saturated carbocycles. The highest BCUT2D eigenvalue weighted by molar-refractivity contribution is 5.65. The van der Waals surface area contributed by atoms with Crippen molar-refractivity contribution in [2.24, 2.45) is 5.11 Å². The maximum atomic E-state index is 8.13. The van der Waals surface area contributed by atoms with Gasteiger partial charge in [-0.2, -0.15) is 0 Å². The molecule has 0 radical (unpaired) electrons. The van der Waals surface area contributed by atoms with Crippen LogP contribution in [0.2, 0.25) is 0 Å². The Morgan fingerprint density at radius 2 is 2.25 bits per heavy atom. The molecule has 0 aromatic heterocycles. The van der Waals surface area contributed by atoms with Gasteiger partial charge in [0.25, 0.3) is 0 Å². The van der Waals surface area contributed by atoms with Crippen LogP contribution in [0, 0.1) is 0 Å². The standard InChI is InChI=1S/C12H16N4/c1-9(2)10-5-6-12(13)11(8-10)4-3-7-15-16-14/h3-6,8-9H,7,13H2,1-2H3. The Morgan fingerprint density at radius 3 is 2.88 bits per heavy atom. The maximum absolute atomic E-state index is 8.13. The first-order chi connectivity index (χ1) is 7.65. The van der Waals surface area contributed by atoms with Gasteiger partial charge in [-0.05, 0) is 34.7 Å². The predicted octanol–water partition coefficient (Wildman–Crippen LogP) is 3.72. The number of hydrogen-bond donors (Lipinski definition) is 1. The van der Waals surface area contributed by atoms with Gasteiger partial charge in [0.05, 0.1) is 0 Å². The average molecular weight is 216 g/mol. The second-order valence-corrected chi connectivity index (χ2v) is 3.86. The molecule has 0 amide bonds. The van der Waals surface area contributed by atoms with Crippen LogP contribution in [0.5, 0.6) is 0 Å². The van der Waals surface area contributed by atoms with Crippen LogP contribution in [0.4, 0.5) is 5.69 Å². The van der Waals surface area contributed by atoms with Crippen molar-refractivity contribution in [3.8, 4) is 0 Å². The molecule has 4 heteroatoms. The lowest BCUT2D eigenvalue weighted by atomic mass is 9.99. The molecule has 0 unspecified atom stereocenters. The first kappa shape index (κ1) is 12.1. The highest BCUT2D eigenvalue weighted by atomic mass is 15.1. The molecule has 2 N–H and O–H groups in total. The van der Waals surface area contributed by atoms with Crippen LogP contribution < -0.4 is 5.73 Å². The minimum absolute atomic E-state index is 0.349. The summed E-state index contributed by atoms with van der Waals surface area (Å²) in [7, 11) is 0. The number of hydrogen-bond acceptors (Lipinski definition) is 2. The van der Waals surface area contributed by atoms with Crippen LogP contribution in [0.15, 0.2) is 29.4 Å². The molecule has 0 atom stereocenters. The lowest BCUT2D eigenvalue weighted by Gasteiger charge is -2.08. The minimum Gasteiger partial charge on any atom is -0.398 e. The van der Waals surface area contributed by atoms with Crippen LogP contribution in [-0.2, 0) is 0 Å². The third-order valence-electron chi connectivity index (χ3n) is 2.33. The van der Waals surface area contributed by atoms with Crippen molar-refractivity contribution in [1.82, 2.24) is 0 Å². The van der Waals surface area contributed by atoms with Gasteiger partial charge in [0.2, 0.25) is 0 Å². The van der Waals surface area contributed by atoms with Crippen molar-refractivity contribution < 1.29 is 0 Å². The number of nitrogens with two attached hydrogens (primary N) is 1. The lowest BCUT2D eigenvalue weighted by molar-refractivity contribution is 0.866. The molecule has 16 heavy (non-hydrogen) atoms. The van der Waals surface area contributed by atoms with Gasteiger partial charge in [-0.3, -0.25) is 0 Å². The predicted molar refractivity (Wildman–Crippen MR) is 68.0 cm³/mol. The molecule has 1 aromatic rings. The first-order valence-electron chi connectivity index (χ1n) is 5.22. The van der Waals surface area contributed by atoms with Crippen LogP contribution in [0.1, 0.15) is 30.9 Å². The Kier molecular flexibility index (Phi) is 4.42. The fraction of sp³-hybridized carbons (Fsp3) is 0.333. The molecule has 1 rings (SSSR count). The van der Waals surface area contributed by atoms with E-state index in [1.165, 1.54) is 5.56 Å². The summed E-state index contributed by atoms with van der Waals surface area (Å²) < 4.78 is 0. The normalized spacial score (nSPS) is 10.7. The average Bonchev–Trinajstić information content (AvgIpc) is 2.26. The van der Waals surface area contributed by atoms with Gasteiger partial charge in [-0.25, -0.2) is 0 Å². The second kappa shape index (κ2) is 5.83. The molecule has 84 valence electrons. The number of nitrogen functional groups attached to an aromatic ring is 1. The number of benzene rings is 1. The molecule has 1 aromatic carbocycles. The topological polar surface area (TPSA) is 74.8 Å². The number of nitrogens with zero attached hydrogens (tertiary/aromatic N) is 3. The summed E-state index contributed by atoms with van der Waals surface area (Å²) in [4.78, 5) is 2.68. The fourth-order valence-corrected chi connectivity index (χ4v) is 1.36. The summed E-state index contributed by atoms with van der Waals surface area (Å²) in [6, 6.07) is 6.00. The van der Waals surface area contributed by atoms with E-state index in [4.69, 9.17) is 11.3 Å². The van der Waals surface area contributed by atoms with Gasteiger partial charge >= 0.3 is 0 Å².